The smallest absolute Gasteiger partial charge is 0.311 e. The van der Waals surface area contributed by atoms with Crippen molar-refractivity contribution in [2.75, 3.05) is 7.11 Å². The number of rotatable bonds is 8. The maximum absolute atomic E-state index is 11.7. The molecule has 0 spiro atoms. The Kier molecular flexibility index (Phi) is 8.54. The lowest BCUT2D eigenvalue weighted by Crippen LogP contribution is -2.41. The van der Waals surface area contributed by atoms with Gasteiger partial charge in [-0.25, -0.2) is 9.78 Å². The van der Waals surface area contributed by atoms with Crippen molar-refractivity contribution in [3.63, 3.8) is 0 Å². The van der Waals surface area contributed by atoms with Gasteiger partial charge in [-0.15, -0.1) is 0 Å². The number of carbonyl (C=O) groups excluding carboxylic acids is 1. The van der Waals surface area contributed by atoms with Crippen molar-refractivity contribution in [1.29, 1.82) is 0 Å². The van der Waals surface area contributed by atoms with Crippen molar-refractivity contribution in [2.45, 2.75) is 111 Å². The Morgan fingerprint density at radius 2 is 2.03 bits per heavy atom. The summed E-state index contributed by atoms with van der Waals surface area (Å²) in [7, 11) is 1.41. The molecule has 1 aliphatic carbocycles. The molecule has 0 radical (unpaired) electrons. The number of carbonyl (C=O) groups is 1. The summed E-state index contributed by atoms with van der Waals surface area (Å²) in [5.74, 6) is -0.541. The Morgan fingerprint density at radius 1 is 1.31 bits per heavy atom. The molecule has 0 unspecified atom stereocenters. The average molecular weight is 407 g/mol. The molecule has 0 aromatic heterocycles. The Balaban J connectivity index is 1.78. The number of hydrogen-bond donors (Lipinski definition) is 0. The van der Waals surface area contributed by atoms with Crippen LogP contribution in [0.5, 0.6) is 0 Å². The molecular formula is C25H42O4. The van der Waals surface area contributed by atoms with Gasteiger partial charge in [-0.05, 0) is 90.9 Å². The number of methoxy groups -OCH3 is 1. The Hall–Kier alpha value is -1.13. The molecule has 29 heavy (non-hydrogen) atoms. The lowest BCUT2D eigenvalue weighted by molar-refractivity contribution is -0.411. The molecule has 0 bridgehead atoms. The van der Waals surface area contributed by atoms with Crippen LogP contribution >= 0.6 is 0 Å². The van der Waals surface area contributed by atoms with Crippen LogP contribution in [0.3, 0.4) is 0 Å². The quantitative estimate of drug-likeness (QED) is 0.256. The minimum Gasteiger partial charge on any atom is -0.469 e. The first kappa shape index (κ1) is 24.1. The van der Waals surface area contributed by atoms with Gasteiger partial charge in [-0.1, -0.05) is 36.6 Å². The molecule has 4 heteroatoms. The molecule has 0 N–H and O–H groups in total. The Labute approximate surface area is 178 Å². The van der Waals surface area contributed by atoms with Crippen molar-refractivity contribution in [2.24, 2.45) is 11.3 Å². The lowest BCUT2D eigenvalue weighted by Gasteiger charge is -2.37. The highest BCUT2D eigenvalue weighted by Gasteiger charge is 2.37. The highest BCUT2D eigenvalue weighted by Crippen LogP contribution is 2.42. The maximum atomic E-state index is 11.7. The van der Waals surface area contributed by atoms with Gasteiger partial charge in [0.2, 0.25) is 0 Å². The van der Waals surface area contributed by atoms with E-state index in [-0.39, 0.29) is 23.6 Å². The highest BCUT2D eigenvalue weighted by atomic mass is 17.2. The second kappa shape index (κ2) is 10.3. The Bertz CT molecular complexity index is 621. The van der Waals surface area contributed by atoms with E-state index in [1.807, 2.05) is 6.92 Å². The zero-order chi connectivity index (χ0) is 21.7. The molecule has 2 rings (SSSR count). The van der Waals surface area contributed by atoms with Gasteiger partial charge in [-0.3, -0.25) is 4.79 Å². The number of allylic oxidation sites excluding steroid dienone is 4. The molecule has 0 aromatic rings. The normalized spacial score (nSPS) is 28.9. The molecule has 2 aliphatic rings. The van der Waals surface area contributed by atoms with Gasteiger partial charge < -0.3 is 4.74 Å². The SMILES string of the molecule is COC(=O)[C@@H](C)[C@@H]1CC[C@@](C)(CC/C=C(\C)CCC2=C(C)CCCC2(C)C)OO1. The summed E-state index contributed by atoms with van der Waals surface area (Å²) in [6, 6.07) is 0. The van der Waals surface area contributed by atoms with Crippen LogP contribution in [0.4, 0.5) is 0 Å². The summed E-state index contributed by atoms with van der Waals surface area (Å²) in [6.45, 7) is 13.3. The first-order valence-electron chi connectivity index (χ1n) is 11.3. The van der Waals surface area contributed by atoms with Gasteiger partial charge in [0.1, 0.15) is 11.7 Å². The Morgan fingerprint density at radius 3 is 2.62 bits per heavy atom. The third-order valence-corrected chi connectivity index (χ3v) is 7.08. The predicted octanol–water partition coefficient (Wildman–Crippen LogP) is 6.70. The lowest BCUT2D eigenvalue weighted by atomic mass is 9.71. The number of ether oxygens (including phenoxy) is 1. The molecule has 0 aromatic carbocycles. The van der Waals surface area contributed by atoms with Gasteiger partial charge >= 0.3 is 5.97 Å². The van der Waals surface area contributed by atoms with Crippen LogP contribution in [0.2, 0.25) is 0 Å². The second-order valence-electron chi connectivity index (χ2n) is 10.1. The van der Waals surface area contributed by atoms with E-state index in [4.69, 9.17) is 14.5 Å². The fourth-order valence-corrected chi connectivity index (χ4v) is 4.83. The summed E-state index contributed by atoms with van der Waals surface area (Å²) in [4.78, 5) is 23.0. The van der Waals surface area contributed by atoms with E-state index in [2.05, 4.69) is 40.7 Å². The number of esters is 1. The standard InChI is InChI=1S/C25H42O4/c1-18(12-13-21-19(2)11-9-15-24(21,4)5)10-8-16-25(6)17-14-22(28-29-25)20(3)23(26)27-7/h10,20,22H,8-9,11-17H2,1-7H3/b18-10+/t20-,22-,25+/m0/s1. The molecule has 1 heterocycles. The molecular weight excluding hydrogens is 364 g/mol. The van der Waals surface area contributed by atoms with E-state index in [0.717, 1.165) is 32.1 Å². The van der Waals surface area contributed by atoms with Gasteiger partial charge in [0.25, 0.3) is 0 Å². The third kappa shape index (κ3) is 6.68. The van der Waals surface area contributed by atoms with E-state index in [1.165, 1.54) is 38.4 Å². The first-order valence-corrected chi connectivity index (χ1v) is 11.3. The van der Waals surface area contributed by atoms with E-state index in [9.17, 15) is 4.79 Å². The summed E-state index contributed by atoms with van der Waals surface area (Å²) < 4.78 is 4.81. The zero-order valence-corrected chi connectivity index (χ0v) is 19.7. The minimum atomic E-state index is -0.298. The summed E-state index contributed by atoms with van der Waals surface area (Å²) in [5, 5.41) is 0. The van der Waals surface area contributed by atoms with Crippen molar-refractivity contribution in [3.05, 3.63) is 22.8 Å². The molecule has 1 aliphatic heterocycles. The molecule has 0 saturated carbocycles. The van der Waals surface area contributed by atoms with E-state index < -0.39 is 0 Å². The monoisotopic (exact) mass is 406 g/mol. The third-order valence-electron chi connectivity index (χ3n) is 7.08. The summed E-state index contributed by atoms with van der Waals surface area (Å²) in [6.07, 6.45) is 12.0. The summed E-state index contributed by atoms with van der Waals surface area (Å²) in [5.41, 5.74) is 4.84. The van der Waals surface area contributed by atoms with E-state index in [0.29, 0.717) is 5.41 Å². The van der Waals surface area contributed by atoms with Crippen molar-refractivity contribution >= 4 is 5.97 Å². The minimum absolute atomic E-state index is 0.219. The van der Waals surface area contributed by atoms with Crippen LogP contribution in [0.1, 0.15) is 99.3 Å². The molecule has 1 saturated heterocycles. The molecule has 0 amide bonds. The van der Waals surface area contributed by atoms with Gasteiger partial charge in [0.15, 0.2) is 0 Å². The number of hydrogen-bond acceptors (Lipinski definition) is 4. The van der Waals surface area contributed by atoms with Crippen LogP contribution in [-0.4, -0.2) is 24.8 Å². The topological polar surface area (TPSA) is 44.8 Å². The fraction of sp³-hybridized carbons (Fsp3) is 0.800. The van der Waals surface area contributed by atoms with Gasteiger partial charge in [0.05, 0.1) is 13.0 Å². The highest BCUT2D eigenvalue weighted by molar-refractivity contribution is 5.72. The van der Waals surface area contributed by atoms with Gasteiger partial charge in [-0.2, -0.15) is 0 Å². The fourth-order valence-electron chi connectivity index (χ4n) is 4.83. The van der Waals surface area contributed by atoms with Crippen LogP contribution in [0, 0.1) is 11.3 Å². The maximum Gasteiger partial charge on any atom is 0.311 e. The van der Waals surface area contributed by atoms with Gasteiger partial charge in [0, 0.05) is 0 Å². The molecule has 3 atom stereocenters. The summed E-state index contributed by atoms with van der Waals surface area (Å²) >= 11 is 0. The largest absolute Gasteiger partial charge is 0.469 e. The zero-order valence-electron chi connectivity index (χ0n) is 19.7. The van der Waals surface area contributed by atoms with Crippen molar-refractivity contribution in [3.8, 4) is 0 Å². The molecule has 166 valence electrons. The molecule has 1 fully saturated rings. The van der Waals surface area contributed by atoms with Crippen molar-refractivity contribution < 1.29 is 19.3 Å². The van der Waals surface area contributed by atoms with Crippen LogP contribution in [0.15, 0.2) is 22.8 Å². The van der Waals surface area contributed by atoms with Crippen LogP contribution < -0.4 is 0 Å². The van der Waals surface area contributed by atoms with E-state index >= 15 is 0 Å². The molecule has 4 nitrogen and oxygen atoms in total. The first-order chi connectivity index (χ1) is 13.6. The van der Waals surface area contributed by atoms with E-state index in [1.54, 1.807) is 11.1 Å². The van der Waals surface area contributed by atoms with Crippen LogP contribution in [0.25, 0.3) is 0 Å². The van der Waals surface area contributed by atoms with Crippen molar-refractivity contribution in [1.82, 2.24) is 0 Å². The second-order valence-corrected chi connectivity index (χ2v) is 10.1. The predicted molar refractivity (Wildman–Crippen MR) is 117 cm³/mol. The van der Waals surface area contributed by atoms with Crippen LogP contribution in [-0.2, 0) is 19.3 Å². The average Bonchev–Trinajstić information content (AvgIpc) is 2.66.